The fourth-order valence-electron chi connectivity index (χ4n) is 2.26. The fraction of sp³-hybridized carbons (Fsp3) is 0.389. The Hall–Kier alpha value is -1.46. The lowest BCUT2D eigenvalue weighted by Gasteiger charge is -2.13. The van der Waals surface area contributed by atoms with E-state index in [2.05, 4.69) is 31.8 Å². The maximum absolute atomic E-state index is 12.2. The summed E-state index contributed by atoms with van der Waals surface area (Å²) in [5.41, 5.74) is 1.86. The largest absolute Gasteiger partial charge is 0.435 e. The van der Waals surface area contributed by atoms with E-state index in [0.717, 1.165) is 13.0 Å². The molecular weight excluding hydrogens is 487 g/mol. The van der Waals surface area contributed by atoms with Gasteiger partial charge in [0.25, 0.3) is 0 Å². The number of nitrogens with zero attached hydrogens (tertiary/aromatic N) is 1. The molecule has 0 aliphatic rings. The van der Waals surface area contributed by atoms with Gasteiger partial charge in [-0.3, -0.25) is 4.99 Å². The highest BCUT2D eigenvalue weighted by Gasteiger charge is 2.09. The number of guanidine groups is 1. The predicted octanol–water partition coefficient (Wildman–Crippen LogP) is 3.80. The minimum Gasteiger partial charge on any atom is -0.435 e. The number of thiophene rings is 1. The van der Waals surface area contributed by atoms with Crippen molar-refractivity contribution in [3.8, 4) is 5.75 Å². The van der Waals surface area contributed by atoms with E-state index in [4.69, 9.17) is 0 Å². The summed E-state index contributed by atoms with van der Waals surface area (Å²) in [4.78, 5) is 4.38. The van der Waals surface area contributed by atoms with Crippen LogP contribution in [0.5, 0.6) is 5.75 Å². The van der Waals surface area contributed by atoms with Crippen LogP contribution in [0.1, 0.15) is 24.2 Å². The normalized spacial score (nSPS) is 12.4. The van der Waals surface area contributed by atoms with E-state index >= 15 is 0 Å². The SMILES string of the molecule is CCNC(=NCC(O)c1ccc(OC(F)F)cc1)NCCc1ccsc1.I. The number of aliphatic hydroxyl groups excluding tert-OH is 1. The van der Waals surface area contributed by atoms with Gasteiger partial charge in [0.05, 0.1) is 12.6 Å². The summed E-state index contributed by atoms with van der Waals surface area (Å²) < 4.78 is 28.6. The minimum absolute atomic E-state index is 0. The van der Waals surface area contributed by atoms with Gasteiger partial charge in [0.15, 0.2) is 5.96 Å². The molecule has 9 heteroatoms. The predicted molar refractivity (Wildman–Crippen MR) is 115 cm³/mol. The highest BCUT2D eigenvalue weighted by Crippen LogP contribution is 2.19. The Morgan fingerprint density at radius 2 is 1.96 bits per heavy atom. The first-order chi connectivity index (χ1) is 12.6. The summed E-state index contributed by atoms with van der Waals surface area (Å²) in [5.74, 6) is 0.683. The van der Waals surface area contributed by atoms with Crippen LogP contribution >= 0.6 is 35.3 Å². The molecule has 0 saturated heterocycles. The quantitative estimate of drug-likeness (QED) is 0.272. The van der Waals surface area contributed by atoms with Crippen LogP contribution in [0.25, 0.3) is 0 Å². The van der Waals surface area contributed by atoms with Crippen molar-refractivity contribution >= 4 is 41.3 Å². The second kappa shape index (κ2) is 12.8. The van der Waals surface area contributed by atoms with Gasteiger partial charge in [0.2, 0.25) is 0 Å². The molecule has 1 heterocycles. The molecule has 1 unspecified atom stereocenters. The smallest absolute Gasteiger partial charge is 0.387 e. The molecule has 5 nitrogen and oxygen atoms in total. The van der Waals surface area contributed by atoms with E-state index in [1.54, 1.807) is 23.5 Å². The molecule has 2 aromatic rings. The standard InChI is InChI=1S/C18H23F2N3O2S.HI/c1-2-21-18(22-9-7-13-8-10-26-12-13)23-11-16(24)14-3-5-15(6-4-14)25-17(19)20;/h3-6,8,10,12,16-17,24H,2,7,9,11H2,1H3,(H2,21,22,23);1H. The molecule has 1 atom stereocenters. The summed E-state index contributed by atoms with van der Waals surface area (Å²) in [6.07, 6.45) is 0.0603. The Morgan fingerprint density at radius 1 is 1.22 bits per heavy atom. The zero-order chi connectivity index (χ0) is 18.8. The van der Waals surface area contributed by atoms with E-state index in [1.165, 1.54) is 17.7 Å². The maximum atomic E-state index is 12.2. The Labute approximate surface area is 178 Å². The number of alkyl halides is 2. The molecule has 0 fully saturated rings. The minimum atomic E-state index is -2.86. The maximum Gasteiger partial charge on any atom is 0.387 e. The zero-order valence-corrected chi connectivity index (χ0v) is 18.0. The van der Waals surface area contributed by atoms with Crippen LogP contribution < -0.4 is 15.4 Å². The summed E-state index contributed by atoms with van der Waals surface area (Å²) >= 11 is 1.67. The van der Waals surface area contributed by atoms with E-state index < -0.39 is 12.7 Å². The molecule has 150 valence electrons. The van der Waals surface area contributed by atoms with E-state index in [9.17, 15) is 13.9 Å². The molecule has 27 heavy (non-hydrogen) atoms. The van der Waals surface area contributed by atoms with Crippen molar-refractivity contribution in [2.75, 3.05) is 19.6 Å². The van der Waals surface area contributed by atoms with E-state index in [0.29, 0.717) is 18.1 Å². The van der Waals surface area contributed by atoms with Crippen LogP contribution in [-0.2, 0) is 6.42 Å². The Balaban J connectivity index is 0.00000364. The van der Waals surface area contributed by atoms with Crippen molar-refractivity contribution in [2.45, 2.75) is 26.1 Å². The lowest BCUT2D eigenvalue weighted by molar-refractivity contribution is -0.0498. The number of nitrogens with one attached hydrogen (secondary N) is 2. The number of hydrogen-bond acceptors (Lipinski definition) is 4. The van der Waals surface area contributed by atoms with Crippen LogP contribution in [0.2, 0.25) is 0 Å². The number of halogens is 3. The molecule has 1 aromatic carbocycles. The molecule has 0 amide bonds. The van der Waals surface area contributed by atoms with Gasteiger partial charge in [-0.1, -0.05) is 12.1 Å². The first-order valence-corrected chi connectivity index (χ1v) is 9.29. The molecule has 1 aromatic heterocycles. The average Bonchev–Trinajstić information content (AvgIpc) is 3.13. The second-order valence-corrected chi connectivity index (χ2v) is 6.27. The van der Waals surface area contributed by atoms with Crippen molar-refractivity contribution < 1.29 is 18.6 Å². The Kier molecular flexibility index (Phi) is 11.2. The van der Waals surface area contributed by atoms with Gasteiger partial charge in [-0.05, 0) is 53.4 Å². The molecular formula is C18H24F2IN3O2S. The number of aliphatic imine (C=N–C) groups is 1. The van der Waals surface area contributed by atoms with Gasteiger partial charge in [-0.25, -0.2) is 0 Å². The van der Waals surface area contributed by atoms with Crippen molar-refractivity contribution in [3.63, 3.8) is 0 Å². The van der Waals surface area contributed by atoms with Crippen molar-refractivity contribution in [1.82, 2.24) is 10.6 Å². The first-order valence-electron chi connectivity index (χ1n) is 8.34. The van der Waals surface area contributed by atoms with Gasteiger partial charge in [-0.2, -0.15) is 20.1 Å². The van der Waals surface area contributed by atoms with Crippen molar-refractivity contribution in [2.24, 2.45) is 4.99 Å². The molecule has 0 aliphatic heterocycles. The number of hydrogen-bond donors (Lipinski definition) is 3. The first kappa shape index (κ1) is 23.6. The van der Waals surface area contributed by atoms with Crippen LogP contribution in [0, 0.1) is 0 Å². The molecule has 0 saturated carbocycles. The Morgan fingerprint density at radius 3 is 2.56 bits per heavy atom. The van der Waals surface area contributed by atoms with Gasteiger partial charge < -0.3 is 20.5 Å². The van der Waals surface area contributed by atoms with E-state index in [1.807, 2.05) is 12.3 Å². The van der Waals surface area contributed by atoms with Gasteiger partial charge in [0.1, 0.15) is 5.75 Å². The van der Waals surface area contributed by atoms with Crippen LogP contribution in [0.3, 0.4) is 0 Å². The van der Waals surface area contributed by atoms with E-state index in [-0.39, 0.29) is 36.3 Å². The van der Waals surface area contributed by atoms with Gasteiger partial charge >= 0.3 is 6.61 Å². The number of benzene rings is 1. The summed E-state index contributed by atoms with van der Waals surface area (Å²) in [5, 5.41) is 20.7. The number of aliphatic hydroxyl groups is 1. The highest BCUT2D eigenvalue weighted by molar-refractivity contribution is 14.0. The van der Waals surface area contributed by atoms with Gasteiger partial charge in [0, 0.05) is 13.1 Å². The average molecular weight is 511 g/mol. The molecule has 0 aliphatic carbocycles. The van der Waals surface area contributed by atoms with Gasteiger partial charge in [-0.15, -0.1) is 24.0 Å². The van der Waals surface area contributed by atoms with Crippen molar-refractivity contribution in [1.29, 1.82) is 0 Å². The zero-order valence-electron chi connectivity index (χ0n) is 14.9. The number of rotatable bonds is 9. The molecule has 3 N–H and O–H groups in total. The monoisotopic (exact) mass is 511 g/mol. The molecule has 0 spiro atoms. The lowest BCUT2D eigenvalue weighted by atomic mass is 10.1. The number of ether oxygens (including phenoxy) is 1. The third-order valence-corrected chi connectivity index (χ3v) is 4.27. The summed E-state index contributed by atoms with van der Waals surface area (Å²) in [6.45, 7) is 0.702. The van der Waals surface area contributed by atoms with Crippen LogP contribution in [-0.4, -0.2) is 37.3 Å². The second-order valence-electron chi connectivity index (χ2n) is 5.49. The van der Waals surface area contributed by atoms with Crippen molar-refractivity contribution in [3.05, 3.63) is 52.2 Å². The Bertz CT molecular complexity index is 670. The van der Waals surface area contributed by atoms with Crippen LogP contribution in [0.4, 0.5) is 8.78 Å². The summed E-state index contributed by atoms with van der Waals surface area (Å²) in [7, 11) is 0. The molecule has 0 bridgehead atoms. The lowest BCUT2D eigenvalue weighted by Crippen LogP contribution is -2.38. The van der Waals surface area contributed by atoms with Crippen LogP contribution in [0.15, 0.2) is 46.1 Å². The molecule has 2 rings (SSSR count). The molecule has 0 radical (unpaired) electrons. The summed E-state index contributed by atoms with van der Waals surface area (Å²) in [6, 6.07) is 7.99. The fourth-order valence-corrected chi connectivity index (χ4v) is 2.96. The third-order valence-electron chi connectivity index (χ3n) is 3.54. The third kappa shape index (κ3) is 8.85. The topological polar surface area (TPSA) is 65.9 Å². The highest BCUT2D eigenvalue weighted by atomic mass is 127.